The zero-order chi connectivity index (χ0) is 15.3. The molecule has 0 rings (SSSR count). The van der Waals surface area contributed by atoms with Crippen molar-refractivity contribution in [3.63, 3.8) is 0 Å². The highest BCUT2D eigenvalue weighted by atomic mass is 19.4. The Hall–Kier alpha value is -1.02. The van der Waals surface area contributed by atoms with E-state index in [4.69, 9.17) is 15.6 Å². The van der Waals surface area contributed by atoms with Gasteiger partial charge in [0, 0.05) is 12.6 Å². The summed E-state index contributed by atoms with van der Waals surface area (Å²) in [7, 11) is 0. The van der Waals surface area contributed by atoms with Crippen LogP contribution in [-0.2, 0) is 4.74 Å². The van der Waals surface area contributed by atoms with E-state index in [0.29, 0.717) is 0 Å². The number of nitrogens with one attached hydrogen (secondary N) is 1. The van der Waals surface area contributed by atoms with Gasteiger partial charge >= 0.3 is 12.3 Å². The van der Waals surface area contributed by atoms with E-state index >= 15 is 0 Å². The number of alkyl halides is 3. The van der Waals surface area contributed by atoms with Crippen molar-refractivity contribution in [3.05, 3.63) is 0 Å². The highest BCUT2D eigenvalue weighted by molar-refractivity contribution is 5.67. The Balaban J connectivity index is 3.84. The van der Waals surface area contributed by atoms with Gasteiger partial charge in [-0.2, -0.15) is 13.2 Å². The average molecular weight is 286 g/mol. The number of amides is 1. The lowest BCUT2D eigenvalue weighted by Crippen LogP contribution is -2.45. The molecule has 0 aromatic heterocycles. The first-order chi connectivity index (χ1) is 8.43. The number of aliphatic hydroxyl groups excluding tert-OH is 1. The fraction of sp³-hybridized carbons (Fsp3) is 0.909. The van der Waals surface area contributed by atoms with Crippen molar-refractivity contribution in [3.8, 4) is 0 Å². The van der Waals surface area contributed by atoms with E-state index in [1.165, 1.54) is 0 Å². The number of carbonyl (C=O) groups excluding carboxylic acids is 1. The minimum absolute atomic E-state index is 0.0591. The maximum absolute atomic E-state index is 12.1. The molecule has 1 amide bonds. The monoisotopic (exact) mass is 286 g/mol. The van der Waals surface area contributed by atoms with Gasteiger partial charge < -0.3 is 20.9 Å². The largest absolute Gasteiger partial charge is 0.444 e. The van der Waals surface area contributed by atoms with Gasteiger partial charge in [0.05, 0.1) is 0 Å². The molecule has 0 aliphatic carbocycles. The lowest BCUT2D eigenvalue weighted by atomic mass is 10.1. The Labute approximate surface area is 110 Å². The van der Waals surface area contributed by atoms with Crippen LogP contribution in [0.2, 0.25) is 0 Å². The van der Waals surface area contributed by atoms with Crippen LogP contribution in [-0.4, -0.2) is 41.7 Å². The number of carbonyl (C=O) groups is 1. The van der Waals surface area contributed by atoms with Gasteiger partial charge in [0.1, 0.15) is 5.60 Å². The molecule has 0 fully saturated rings. The van der Waals surface area contributed by atoms with Crippen molar-refractivity contribution in [2.24, 2.45) is 5.73 Å². The zero-order valence-electron chi connectivity index (χ0n) is 11.3. The second-order valence-corrected chi connectivity index (χ2v) is 5.22. The second kappa shape index (κ2) is 6.95. The highest BCUT2D eigenvalue weighted by Gasteiger charge is 2.41. The quantitative estimate of drug-likeness (QED) is 0.669. The van der Waals surface area contributed by atoms with Crippen LogP contribution in [0.15, 0.2) is 0 Å². The van der Waals surface area contributed by atoms with E-state index in [1.54, 1.807) is 20.8 Å². The smallest absolute Gasteiger partial charge is 0.415 e. The molecule has 0 aliphatic rings. The Bertz CT molecular complexity index is 290. The summed E-state index contributed by atoms with van der Waals surface area (Å²) in [6.45, 7) is 5.22. The normalized spacial score (nSPS) is 15.8. The van der Waals surface area contributed by atoms with Gasteiger partial charge in [-0.3, -0.25) is 0 Å². The molecule has 0 spiro atoms. The molecule has 19 heavy (non-hydrogen) atoms. The number of ether oxygens (including phenoxy) is 1. The molecular weight excluding hydrogens is 265 g/mol. The molecule has 0 bridgehead atoms. The summed E-state index contributed by atoms with van der Waals surface area (Å²) in [5, 5.41) is 11.2. The Kier molecular flexibility index (Phi) is 6.58. The minimum atomic E-state index is -4.72. The van der Waals surface area contributed by atoms with Crippen molar-refractivity contribution in [2.45, 2.75) is 57.5 Å². The lowest BCUT2D eigenvalue weighted by molar-refractivity contribution is -0.209. The first-order valence-corrected chi connectivity index (χ1v) is 5.90. The van der Waals surface area contributed by atoms with Crippen LogP contribution in [0.1, 0.15) is 33.6 Å². The maximum Gasteiger partial charge on any atom is 0.415 e. The van der Waals surface area contributed by atoms with Crippen molar-refractivity contribution in [1.82, 2.24) is 5.32 Å². The number of halogens is 3. The van der Waals surface area contributed by atoms with E-state index in [-0.39, 0.29) is 19.4 Å². The molecule has 5 nitrogen and oxygen atoms in total. The van der Waals surface area contributed by atoms with Gasteiger partial charge in [-0.05, 0) is 33.6 Å². The topological polar surface area (TPSA) is 84.6 Å². The molecule has 2 atom stereocenters. The van der Waals surface area contributed by atoms with Crippen molar-refractivity contribution in [1.29, 1.82) is 0 Å². The van der Waals surface area contributed by atoms with Gasteiger partial charge in [0.15, 0.2) is 6.10 Å². The van der Waals surface area contributed by atoms with E-state index < -0.39 is 30.0 Å². The Morgan fingerprint density at radius 2 is 1.89 bits per heavy atom. The number of hydrogen-bond acceptors (Lipinski definition) is 4. The van der Waals surface area contributed by atoms with Crippen LogP contribution in [0.5, 0.6) is 0 Å². The van der Waals surface area contributed by atoms with Crippen LogP contribution in [0.4, 0.5) is 18.0 Å². The maximum atomic E-state index is 12.1. The molecule has 0 saturated heterocycles. The van der Waals surface area contributed by atoms with Crippen LogP contribution < -0.4 is 11.1 Å². The van der Waals surface area contributed by atoms with Crippen molar-refractivity contribution in [2.75, 3.05) is 6.54 Å². The number of alkyl carbamates (subject to hydrolysis) is 1. The van der Waals surface area contributed by atoms with E-state index in [9.17, 15) is 18.0 Å². The molecule has 114 valence electrons. The van der Waals surface area contributed by atoms with Crippen molar-refractivity contribution < 1.29 is 27.8 Å². The summed E-state index contributed by atoms with van der Waals surface area (Å²) in [5.41, 5.74) is 4.58. The average Bonchev–Trinajstić information content (AvgIpc) is 2.19. The van der Waals surface area contributed by atoms with Gasteiger partial charge in [0.2, 0.25) is 0 Å². The highest BCUT2D eigenvalue weighted by Crippen LogP contribution is 2.23. The summed E-state index contributed by atoms with van der Waals surface area (Å²) in [4.78, 5) is 11.2. The van der Waals surface area contributed by atoms with Gasteiger partial charge in [-0.25, -0.2) is 4.79 Å². The fourth-order valence-electron chi connectivity index (χ4n) is 1.24. The van der Waals surface area contributed by atoms with Gasteiger partial charge in [0.25, 0.3) is 0 Å². The summed E-state index contributed by atoms with van der Waals surface area (Å²) >= 11 is 0. The molecule has 2 unspecified atom stereocenters. The van der Waals surface area contributed by atoms with Crippen LogP contribution >= 0.6 is 0 Å². The van der Waals surface area contributed by atoms with Crippen LogP contribution in [0.3, 0.4) is 0 Å². The molecule has 0 radical (unpaired) electrons. The second-order valence-electron chi connectivity index (χ2n) is 5.22. The van der Waals surface area contributed by atoms with E-state index in [2.05, 4.69) is 5.32 Å². The first-order valence-electron chi connectivity index (χ1n) is 5.90. The standard InChI is InChI=1S/C11H21F3N2O3/c1-10(2,3)19-9(18)16-6-4-5-7(15)8(17)11(12,13)14/h7-8,17H,4-6,15H2,1-3H3,(H,16,18). The summed E-state index contributed by atoms with van der Waals surface area (Å²) in [6.07, 6.45) is -7.76. The molecule has 0 aromatic carbocycles. The SMILES string of the molecule is CC(C)(C)OC(=O)NCCCC(N)C(O)C(F)(F)F. The lowest BCUT2D eigenvalue weighted by Gasteiger charge is -2.22. The first kappa shape index (κ1) is 18.0. The van der Waals surface area contributed by atoms with Crippen LogP contribution in [0, 0.1) is 0 Å². The van der Waals surface area contributed by atoms with E-state index in [0.717, 1.165) is 0 Å². The molecule has 0 aromatic rings. The molecule has 0 aliphatic heterocycles. The number of aliphatic hydroxyl groups is 1. The van der Waals surface area contributed by atoms with Crippen LogP contribution in [0.25, 0.3) is 0 Å². The van der Waals surface area contributed by atoms with E-state index in [1.807, 2.05) is 0 Å². The molecule has 0 heterocycles. The number of rotatable bonds is 5. The summed E-state index contributed by atoms with van der Waals surface area (Å²) < 4.78 is 41.2. The zero-order valence-corrected chi connectivity index (χ0v) is 11.3. The Morgan fingerprint density at radius 3 is 2.32 bits per heavy atom. The third-order valence-corrected chi connectivity index (χ3v) is 2.12. The third kappa shape index (κ3) is 8.66. The summed E-state index contributed by atoms with van der Waals surface area (Å²) in [6, 6.07) is -1.40. The van der Waals surface area contributed by atoms with Crippen molar-refractivity contribution >= 4 is 6.09 Å². The van der Waals surface area contributed by atoms with Gasteiger partial charge in [-0.15, -0.1) is 0 Å². The number of nitrogens with two attached hydrogens (primary N) is 1. The summed E-state index contributed by atoms with van der Waals surface area (Å²) in [5.74, 6) is 0. The Morgan fingerprint density at radius 1 is 1.37 bits per heavy atom. The predicted octanol–water partition coefficient (Wildman–Crippen LogP) is 1.54. The minimum Gasteiger partial charge on any atom is -0.444 e. The third-order valence-electron chi connectivity index (χ3n) is 2.12. The van der Waals surface area contributed by atoms with Gasteiger partial charge in [-0.1, -0.05) is 0 Å². The molecule has 8 heteroatoms. The molecule has 4 N–H and O–H groups in total. The molecular formula is C11H21F3N2O3. The fourth-order valence-corrected chi connectivity index (χ4v) is 1.24. The molecule has 0 saturated carbocycles. The number of hydrogen-bond donors (Lipinski definition) is 3. The predicted molar refractivity (Wildman–Crippen MR) is 63.5 cm³/mol.